The summed E-state index contributed by atoms with van der Waals surface area (Å²) < 4.78 is 21.1. The van der Waals surface area contributed by atoms with Gasteiger partial charge >= 0.3 is 5.97 Å². The number of nitrogens with one attached hydrogen (secondary N) is 1. The highest BCUT2D eigenvalue weighted by Gasteiger charge is 2.22. The number of carbonyl (C=O) groups is 2. The van der Waals surface area contributed by atoms with Crippen molar-refractivity contribution in [3.8, 4) is 17.2 Å². The van der Waals surface area contributed by atoms with Gasteiger partial charge in [-0.1, -0.05) is 11.6 Å². The molecule has 156 valence electrons. The summed E-state index contributed by atoms with van der Waals surface area (Å²) in [6.45, 7) is 5.09. The zero-order valence-corrected chi connectivity index (χ0v) is 18.0. The molecule has 1 amide bonds. The fraction of sp³-hybridized carbons (Fsp3) is 0.333. The summed E-state index contributed by atoms with van der Waals surface area (Å²) in [6, 6.07) is 6.37. The van der Waals surface area contributed by atoms with Gasteiger partial charge in [0.05, 0.1) is 32.6 Å². The first kappa shape index (κ1) is 22.4. The Morgan fingerprint density at radius 2 is 1.48 bits per heavy atom. The summed E-state index contributed by atoms with van der Waals surface area (Å²) in [6.07, 6.45) is -1.05. The third kappa shape index (κ3) is 5.12. The quantitative estimate of drug-likeness (QED) is 0.675. The molecule has 1 N–H and O–H groups in total. The van der Waals surface area contributed by atoms with Gasteiger partial charge < -0.3 is 24.3 Å². The SMILES string of the molecule is COc1cc(Cl)c(C)cc1NC(=O)C(C)OC(=O)c1cc(OC)c(C)c(OC)c1. The summed E-state index contributed by atoms with van der Waals surface area (Å²) in [5.41, 5.74) is 2.17. The fourth-order valence-electron chi connectivity index (χ4n) is 2.65. The van der Waals surface area contributed by atoms with E-state index in [0.29, 0.717) is 28.0 Å². The van der Waals surface area contributed by atoms with Crippen LogP contribution < -0.4 is 19.5 Å². The van der Waals surface area contributed by atoms with Crippen LogP contribution in [0.15, 0.2) is 24.3 Å². The molecule has 0 heterocycles. The number of carbonyl (C=O) groups excluding carboxylic acids is 2. The van der Waals surface area contributed by atoms with Crippen LogP contribution in [0.3, 0.4) is 0 Å². The monoisotopic (exact) mass is 421 g/mol. The van der Waals surface area contributed by atoms with Gasteiger partial charge in [-0.15, -0.1) is 0 Å². The topological polar surface area (TPSA) is 83.1 Å². The van der Waals surface area contributed by atoms with Crippen molar-refractivity contribution in [1.82, 2.24) is 0 Å². The number of hydrogen-bond acceptors (Lipinski definition) is 6. The van der Waals surface area contributed by atoms with Crippen LogP contribution >= 0.6 is 11.6 Å². The third-order valence-corrected chi connectivity index (χ3v) is 4.79. The van der Waals surface area contributed by atoms with Crippen molar-refractivity contribution >= 4 is 29.2 Å². The van der Waals surface area contributed by atoms with Crippen LogP contribution in [0.5, 0.6) is 17.2 Å². The lowest BCUT2D eigenvalue weighted by atomic mass is 10.1. The van der Waals surface area contributed by atoms with Crippen LogP contribution in [0.4, 0.5) is 5.69 Å². The number of amides is 1. The van der Waals surface area contributed by atoms with Crippen molar-refractivity contribution < 1.29 is 28.5 Å². The van der Waals surface area contributed by atoms with Crippen molar-refractivity contribution in [2.45, 2.75) is 26.9 Å². The summed E-state index contributed by atoms with van der Waals surface area (Å²) >= 11 is 6.08. The van der Waals surface area contributed by atoms with Gasteiger partial charge in [0.2, 0.25) is 0 Å². The van der Waals surface area contributed by atoms with E-state index in [1.54, 1.807) is 19.1 Å². The number of rotatable bonds is 7. The van der Waals surface area contributed by atoms with Gasteiger partial charge in [0, 0.05) is 16.7 Å². The molecule has 0 saturated heterocycles. The second kappa shape index (κ2) is 9.52. The Morgan fingerprint density at radius 3 is 2.00 bits per heavy atom. The molecule has 8 heteroatoms. The predicted molar refractivity (Wildman–Crippen MR) is 111 cm³/mol. The number of hydrogen-bond donors (Lipinski definition) is 1. The Hall–Kier alpha value is -2.93. The van der Waals surface area contributed by atoms with E-state index in [-0.39, 0.29) is 5.56 Å². The van der Waals surface area contributed by atoms with Gasteiger partial charge in [-0.25, -0.2) is 4.79 Å². The number of anilines is 1. The average Bonchev–Trinajstić information content (AvgIpc) is 2.70. The van der Waals surface area contributed by atoms with Crippen LogP contribution in [-0.2, 0) is 9.53 Å². The van der Waals surface area contributed by atoms with Gasteiger partial charge in [0.15, 0.2) is 6.10 Å². The van der Waals surface area contributed by atoms with Gasteiger partial charge in [-0.3, -0.25) is 4.79 Å². The summed E-state index contributed by atoms with van der Waals surface area (Å²) in [5.74, 6) is 0.179. The van der Waals surface area contributed by atoms with E-state index >= 15 is 0 Å². The van der Waals surface area contributed by atoms with Crippen molar-refractivity contribution in [2.75, 3.05) is 26.6 Å². The smallest absolute Gasteiger partial charge is 0.339 e. The highest BCUT2D eigenvalue weighted by molar-refractivity contribution is 6.31. The summed E-state index contributed by atoms with van der Waals surface area (Å²) in [7, 11) is 4.46. The Kier molecular flexibility index (Phi) is 7.34. The van der Waals surface area contributed by atoms with Crippen molar-refractivity contribution in [1.29, 1.82) is 0 Å². The number of halogens is 1. The Bertz CT molecular complexity index is 903. The predicted octanol–water partition coefficient (Wildman–Crippen LogP) is 4.17. The van der Waals surface area contributed by atoms with E-state index in [1.165, 1.54) is 40.4 Å². The van der Waals surface area contributed by atoms with E-state index < -0.39 is 18.0 Å². The minimum atomic E-state index is -1.05. The molecule has 0 aliphatic heterocycles. The standard InChI is InChI=1S/C21H24ClNO6/c1-11-7-16(19(28-6)10-15(11)22)23-20(24)13(3)29-21(25)14-8-17(26-4)12(2)18(9-14)27-5/h7-10,13H,1-6H3,(H,23,24). The molecule has 0 bridgehead atoms. The molecular formula is C21H24ClNO6. The lowest BCUT2D eigenvalue weighted by molar-refractivity contribution is -0.123. The number of ether oxygens (including phenoxy) is 4. The maximum atomic E-state index is 12.5. The molecule has 0 spiro atoms. The van der Waals surface area contributed by atoms with Crippen LogP contribution in [-0.4, -0.2) is 39.3 Å². The molecule has 1 unspecified atom stereocenters. The molecule has 29 heavy (non-hydrogen) atoms. The molecule has 0 aliphatic carbocycles. The molecule has 0 radical (unpaired) electrons. The van der Waals surface area contributed by atoms with Gasteiger partial charge in [0.1, 0.15) is 17.2 Å². The minimum absolute atomic E-state index is 0.212. The van der Waals surface area contributed by atoms with Gasteiger partial charge in [-0.2, -0.15) is 0 Å². The molecule has 0 saturated carbocycles. The van der Waals surface area contributed by atoms with E-state index in [1.807, 2.05) is 6.92 Å². The molecule has 0 aromatic heterocycles. The Morgan fingerprint density at radius 1 is 0.931 bits per heavy atom. The number of benzene rings is 2. The van der Waals surface area contributed by atoms with Crippen molar-refractivity contribution in [3.05, 3.63) is 46.0 Å². The number of methoxy groups -OCH3 is 3. The number of esters is 1. The van der Waals surface area contributed by atoms with E-state index in [4.69, 9.17) is 30.5 Å². The minimum Gasteiger partial charge on any atom is -0.496 e. The van der Waals surface area contributed by atoms with Gasteiger partial charge in [-0.05, 0) is 44.5 Å². The Labute approximate surface area is 174 Å². The molecule has 0 fully saturated rings. The van der Waals surface area contributed by atoms with Crippen LogP contribution in [0, 0.1) is 13.8 Å². The zero-order valence-electron chi connectivity index (χ0n) is 17.2. The second-order valence-electron chi connectivity index (χ2n) is 6.34. The lowest BCUT2D eigenvalue weighted by Gasteiger charge is -2.17. The maximum Gasteiger partial charge on any atom is 0.339 e. The van der Waals surface area contributed by atoms with E-state index in [2.05, 4.69) is 5.32 Å². The molecule has 2 aromatic rings. The normalized spacial score (nSPS) is 11.4. The molecule has 2 aromatic carbocycles. The molecule has 0 aliphatic rings. The summed E-state index contributed by atoms with van der Waals surface area (Å²) in [5, 5.41) is 3.21. The average molecular weight is 422 g/mol. The molecule has 2 rings (SSSR count). The molecular weight excluding hydrogens is 398 g/mol. The van der Waals surface area contributed by atoms with Crippen molar-refractivity contribution in [3.63, 3.8) is 0 Å². The fourth-order valence-corrected chi connectivity index (χ4v) is 2.80. The second-order valence-corrected chi connectivity index (χ2v) is 6.75. The van der Waals surface area contributed by atoms with Gasteiger partial charge in [0.25, 0.3) is 5.91 Å². The van der Waals surface area contributed by atoms with Crippen LogP contribution in [0.25, 0.3) is 0 Å². The van der Waals surface area contributed by atoms with Crippen LogP contribution in [0.1, 0.15) is 28.4 Å². The third-order valence-electron chi connectivity index (χ3n) is 4.38. The highest BCUT2D eigenvalue weighted by Crippen LogP contribution is 2.32. The van der Waals surface area contributed by atoms with Crippen LogP contribution in [0.2, 0.25) is 5.02 Å². The summed E-state index contributed by atoms with van der Waals surface area (Å²) in [4.78, 5) is 25.0. The largest absolute Gasteiger partial charge is 0.496 e. The first-order valence-corrected chi connectivity index (χ1v) is 9.18. The highest BCUT2D eigenvalue weighted by atomic mass is 35.5. The first-order valence-electron chi connectivity index (χ1n) is 8.80. The Balaban J connectivity index is 2.16. The number of aryl methyl sites for hydroxylation is 1. The molecule has 7 nitrogen and oxygen atoms in total. The lowest BCUT2D eigenvalue weighted by Crippen LogP contribution is -2.30. The van der Waals surface area contributed by atoms with E-state index in [0.717, 1.165) is 11.1 Å². The zero-order chi connectivity index (χ0) is 21.7. The maximum absolute atomic E-state index is 12.5. The van der Waals surface area contributed by atoms with Crippen molar-refractivity contribution in [2.24, 2.45) is 0 Å². The first-order chi connectivity index (χ1) is 13.7. The van der Waals surface area contributed by atoms with E-state index in [9.17, 15) is 9.59 Å². The molecule has 1 atom stereocenters.